The number of carbonyl (C=O) groups is 2. The number of Topliss-reactive ketones (excluding diaryl/α,β-unsaturated/α-hetero) is 1. The number of hydrogen-bond acceptors (Lipinski definition) is 6. The van der Waals surface area contributed by atoms with Crippen molar-refractivity contribution in [3.63, 3.8) is 0 Å². The van der Waals surface area contributed by atoms with Gasteiger partial charge in [0.05, 0.1) is 25.3 Å². The van der Waals surface area contributed by atoms with E-state index >= 15 is 0 Å². The van der Waals surface area contributed by atoms with E-state index in [2.05, 4.69) is 18.7 Å². The van der Waals surface area contributed by atoms with E-state index in [1.54, 1.807) is 36.3 Å². The van der Waals surface area contributed by atoms with Crippen molar-refractivity contribution in [2.45, 2.75) is 33.7 Å². The third-order valence-electron chi connectivity index (χ3n) is 6.22. The Morgan fingerprint density at radius 2 is 1.71 bits per heavy atom. The molecular weight excluding hydrogens is 432 g/mol. The van der Waals surface area contributed by atoms with E-state index in [9.17, 15) is 14.7 Å². The summed E-state index contributed by atoms with van der Waals surface area (Å²) >= 11 is 0. The van der Waals surface area contributed by atoms with E-state index < -0.39 is 17.7 Å². The number of rotatable bonds is 10. The molecule has 1 aliphatic heterocycles. The lowest BCUT2D eigenvalue weighted by Crippen LogP contribution is -2.38. The van der Waals surface area contributed by atoms with Gasteiger partial charge >= 0.3 is 0 Å². The number of likely N-dealkylation sites (tertiary alicyclic amines) is 1. The van der Waals surface area contributed by atoms with Gasteiger partial charge in [0.15, 0.2) is 11.5 Å². The average molecular weight is 467 g/mol. The highest BCUT2D eigenvalue weighted by Crippen LogP contribution is 2.41. The molecule has 34 heavy (non-hydrogen) atoms. The fourth-order valence-electron chi connectivity index (χ4n) is 4.24. The summed E-state index contributed by atoms with van der Waals surface area (Å²) in [6.07, 6.45) is 0. The van der Waals surface area contributed by atoms with E-state index in [4.69, 9.17) is 9.47 Å². The molecule has 2 aromatic rings. The molecule has 7 nitrogen and oxygen atoms in total. The zero-order valence-electron chi connectivity index (χ0n) is 20.6. The highest BCUT2D eigenvalue weighted by atomic mass is 16.5. The van der Waals surface area contributed by atoms with E-state index in [1.165, 1.54) is 0 Å². The third kappa shape index (κ3) is 5.09. The monoisotopic (exact) mass is 466 g/mol. The molecule has 1 saturated heterocycles. The summed E-state index contributed by atoms with van der Waals surface area (Å²) in [7, 11) is 1.55. The molecule has 0 aliphatic carbocycles. The van der Waals surface area contributed by atoms with Crippen LogP contribution in [0.3, 0.4) is 0 Å². The maximum Gasteiger partial charge on any atom is 0.295 e. The van der Waals surface area contributed by atoms with E-state index in [0.29, 0.717) is 42.3 Å². The average Bonchev–Trinajstić information content (AvgIpc) is 3.10. The van der Waals surface area contributed by atoms with Crippen molar-refractivity contribution in [2.24, 2.45) is 0 Å². The van der Waals surface area contributed by atoms with Crippen LogP contribution < -0.4 is 9.47 Å². The number of methoxy groups -OCH3 is 1. The Kier molecular flexibility index (Phi) is 8.34. The van der Waals surface area contributed by atoms with Crippen molar-refractivity contribution >= 4 is 17.4 Å². The second-order valence-electron chi connectivity index (χ2n) is 8.23. The van der Waals surface area contributed by atoms with E-state index in [1.807, 2.05) is 32.0 Å². The maximum absolute atomic E-state index is 13.2. The topological polar surface area (TPSA) is 79.3 Å². The molecule has 0 saturated carbocycles. The number of aliphatic hydroxyl groups excluding tert-OH is 1. The zero-order chi connectivity index (χ0) is 24.8. The van der Waals surface area contributed by atoms with Crippen LogP contribution in [0, 0.1) is 6.92 Å². The number of benzene rings is 2. The predicted octanol–water partition coefficient (Wildman–Crippen LogP) is 4.17. The summed E-state index contributed by atoms with van der Waals surface area (Å²) in [5.41, 5.74) is 2.28. The lowest BCUT2D eigenvalue weighted by molar-refractivity contribution is -0.140. The van der Waals surface area contributed by atoms with Crippen molar-refractivity contribution in [1.82, 2.24) is 9.80 Å². The molecule has 1 heterocycles. The van der Waals surface area contributed by atoms with Gasteiger partial charge in [0, 0.05) is 18.7 Å². The Hall–Kier alpha value is -3.32. The molecule has 7 heteroatoms. The number of aryl methyl sites for hydroxylation is 1. The van der Waals surface area contributed by atoms with Gasteiger partial charge in [-0.1, -0.05) is 49.7 Å². The Balaban J connectivity index is 2.14. The van der Waals surface area contributed by atoms with Crippen molar-refractivity contribution in [3.8, 4) is 11.5 Å². The first kappa shape index (κ1) is 25.3. The van der Waals surface area contributed by atoms with E-state index in [0.717, 1.165) is 18.7 Å². The normalized spacial score (nSPS) is 17.5. The minimum absolute atomic E-state index is 0.0830. The van der Waals surface area contributed by atoms with Crippen LogP contribution in [0.1, 0.15) is 43.5 Å². The van der Waals surface area contributed by atoms with Crippen LogP contribution in [0.5, 0.6) is 11.5 Å². The highest BCUT2D eigenvalue weighted by Gasteiger charge is 2.46. The second-order valence-corrected chi connectivity index (χ2v) is 8.23. The molecular formula is C27H34N2O5. The van der Waals surface area contributed by atoms with Crippen molar-refractivity contribution in [1.29, 1.82) is 0 Å². The second kappa shape index (κ2) is 11.2. The summed E-state index contributed by atoms with van der Waals surface area (Å²) < 4.78 is 11.2. The highest BCUT2D eigenvalue weighted by molar-refractivity contribution is 6.46. The van der Waals surface area contributed by atoms with Crippen LogP contribution in [0.15, 0.2) is 48.0 Å². The maximum atomic E-state index is 13.2. The van der Waals surface area contributed by atoms with Gasteiger partial charge in [0.1, 0.15) is 5.76 Å². The Labute approximate surface area is 201 Å². The first-order valence-corrected chi connectivity index (χ1v) is 11.7. The molecule has 2 aromatic carbocycles. The number of hydrogen-bond donors (Lipinski definition) is 1. The Bertz CT molecular complexity index is 1060. The lowest BCUT2D eigenvalue weighted by Gasteiger charge is -2.28. The number of carbonyl (C=O) groups excluding carboxylic acids is 2. The molecule has 1 aliphatic rings. The smallest absolute Gasteiger partial charge is 0.295 e. The van der Waals surface area contributed by atoms with Crippen LogP contribution in [0.25, 0.3) is 5.76 Å². The van der Waals surface area contributed by atoms with Gasteiger partial charge in [-0.2, -0.15) is 0 Å². The molecule has 0 radical (unpaired) electrons. The van der Waals surface area contributed by atoms with Crippen molar-refractivity contribution in [2.75, 3.05) is 39.9 Å². The van der Waals surface area contributed by atoms with Crippen LogP contribution in [-0.4, -0.2) is 66.5 Å². The van der Waals surface area contributed by atoms with Crippen LogP contribution in [-0.2, 0) is 9.59 Å². The van der Waals surface area contributed by atoms with Crippen LogP contribution in [0.2, 0.25) is 0 Å². The molecule has 1 unspecified atom stereocenters. The van der Waals surface area contributed by atoms with Crippen molar-refractivity contribution < 1.29 is 24.2 Å². The summed E-state index contributed by atoms with van der Waals surface area (Å²) in [5, 5.41) is 11.2. The third-order valence-corrected chi connectivity index (χ3v) is 6.22. The number of ketones is 1. The number of aliphatic hydroxyl groups is 1. The number of likely N-dealkylation sites (N-methyl/N-ethyl adjacent to an activating group) is 1. The molecule has 0 bridgehead atoms. The molecule has 1 amide bonds. The molecule has 0 aromatic heterocycles. The number of ether oxygens (including phenoxy) is 2. The molecule has 182 valence electrons. The minimum atomic E-state index is -0.735. The summed E-state index contributed by atoms with van der Waals surface area (Å²) in [6, 6.07) is 11.9. The van der Waals surface area contributed by atoms with Gasteiger partial charge in [0.2, 0.25) is 0 Å². The van der Waals surface area contributed by atoms with Gasteiger partial charge in [-0.25, -0.2) is 0 Å². The van der Waals surface area contributed by atoms with Gasteiger partial charge in [0.25, 0.3) is 11.7 Å². The number of nitrogens with zero attached hydrogens (tertiary/aromatic N) is 2. The van der Waals surface area contributed by atoms with Gasteiger partial charge in [-0.15, -0.1) is 0 Å². The summed E-state index contributed by atoms with van der Waals surface area (Å²) in [4.78, 5) is 30.1. The largest absolute Gasteiger partial charge is 0.507 e. The fraction of sp³-hybridized carbons (Fsp3) is 0.407. The Morgan fingerprint density at radius 3 is 2.29 bits per heavy atom. The zero-order valence-corrected chi connectivity index (χ0v) is 20.6. The Morgan fingerprint density at radius 1 is 1.03 bits per heavy atom. The SMILES string of the molecule is CCOc1ccc(C2/C(=C(/O)c3ccc(C)cc3)C(=O)C(=O)N2CCN(CC)CC)cc1OC. The fourth-order valence-corrected chi connectivity index (χ4v) is 4.24. The first-order valence-electron chi connectivity index (χ1n) is 11.7. The molecule has 1 N–H and O–H groups in total. The van der Waals surface area contributed by atoms with Crippen molar-refractivity contribution in [3.05, 3.63) is 64.7 Å². The van der Waals surface area contributed by atoms with E-state index in [-0.39, 0.29) is 11.3 Å². The first-order chi connectivity index (χ1) is 16.4. The van der Waals surface area contributed by atoms with Crippen LogP contribution >= 0.6 is 0 Å². The minimum Gasteiger partial charge on any atom is -0.507 e. The predicted molar refractivity (Wildman–Crippen MR) is 132 cm³/mol. The van der Waals surface area contributed by atoms with Gasteiger partial charge in [-0.3, -0.25) is 9.59 Å². The van der Waals surface area contributed by atoms with Gasteiger partial charge in [-0.05, 0) is 44.6 Å². The lowest BCUT2D eigenvalue weighted by atomic mass is 9.94. The number of amides is 1. The summed E-state index contributed by atoms with van der Waals surface area (Å²) in [6.45, 7) is 11.1. The standard InChI is InChI=1S/C27H34N2O5/c1-6-28(7-2)15-16-29-24(20-13-14-21(34-8-3)22(17-20)33-5)23(26(31)27(29)32)25(30)19-11-9-18(4)10-12-19/h9-14,17,24,30H,6-8,15-16H2,1-5H3/b25-23-. The molecule has 0 spiro atoms. The summed E-state index contributed by atoms with van der Waals surface area (Å²) in [5.74, 6) is -0.396. The molecule has 1 fully saturated rings. The van der Waals surface area contributed by atoms with Crippen LogP contribution in [0.4, 0.5) is 0 Å². The van der Waals surface area contributed by atoms with Gasteiger partial charge < -0.3 is 24.4 Å². The quantitative estimate of drug-likeness (QED) is 0.322. The molecule has 3 rings (SSSR count). The molecule has 1 atom stereocenters.